The molecule has 0 aromatic heterocycles. The van der Waals surface area contributed by atoms with Gasteiger partial charge < -0.3 is 30.6 Å². The first-order chi connectivity index (χ1) is 9.78. The molecule has 0 saturated heterocycles. The Morgan fingerprint density at radius 2 is 1.29 bits per heavy atom. The molecule has 0 atom stereocenters. The molecule has 0 fully saturated rings. The fourth-order valence-electron chi connectivity index (χ4n) is 1.49. The Labute approximate surface area is 123 Å². The van der Waals surface area contributed by atoms with Crippen molar-refractivity contribution in [2.75, 3.05) is 26.4 Å². The van der Waals surface area contributed by atoms with Crippen LogP contribution in [0.4, 0.5) is 0 Å². The van der Waals surface area contributed by atoms with Crippen LogP contribution in [-0.4, -0.2) is 69.0 Å². The molecule has 0 aromatic carbocycles. The second kappa shape index (κ2) is 12.5. The van der Waals surface area contributed by atoms with E-state index >= 15 is 0 Å². The normalized spacial score (nSPS) is 11.0. The topological polar surface area (TPSA) is 156 Å². The summed E-state index contributed by atoms with van der Waals surface area (Å²) in [6, 6.07) is 0. The van der Waals surface area contributed by atoms with Crippen LogP contribution in [0.3, 0.4) is 0 Å². The third-order valence-electron chi connectivity index (χ3n) is 3.08. The summed E-state index contributed by atoms with van der Waals surface area (Å²) in [5.74, 6) is -3.04. The maximum absolute atomic E-state index is 10.9. The fraction of sp³-hybridized carbons (Fsp3) is 0.846. The highest BCUT2D eigenvalue weighted by Gasteiger charge is 2.31. The fourth-order valence-corrected chi connectivity index (χ4v) is 1.49. The molecular weight excluding hydrogens is 284 g/mol. The van der Waals surface area contributed by atoms with Crippen molar-refractivity contribution in [3.05, 3.63) is 0 Å². The number of carboxylic acids is 2. The minimum atomic E-state index is -1.17. The van der Waals surface area contributed by atoms with Crippen LogP contribution in [0.5, 0.6) is 0 Å². The van der Waals surface area contributed by atoms with Gasteiger partial charge in [-0.3, -0.25) is 9.59 Å². The molecule has 0 heterocycles. The van der Waals surface area contributed by atoms with Crippen LogP contribution in [0.15, 0.2) is 0 Å². The number of rotatable bonds is 10. The van der Waals surface area contributed by atoms with Crippen LogP contribution < -0.4 is 0 Å². The monoisotopic (exact) mass is 310 g/mol. The molecule has 0 unspecified atom stereocenters. The lowest BCUT2D eigenvalue weighted by Crippen LogP contribution is -2.28. The highest BCUT2D eigenvalue weighted by Crippen LogP contribution is 2.29. The van der Waals surface area contributed by atoms with Crippen LogP contribution in [0.25, 0.3) is 0 Å². The zero-order valence-electron chi connectivity index (χ0n) is 12.2. The average Bonchev–Trinajstić information content (AvgIpc) is 2.44. The van der Waals surface area contributed by atoms with Crippen molar-refractivity contribution in [3.63, 3.8) is 0 Å². The SMILES string of the molecule is CC(CCCO)(CCCO)C(=O)O.O=C(O)C(CO)CO. The summed E-state index contributed by atoms with van der Waals surface area (Å²) in [6.45, 7) is 0.669. The van der Waals surface area contributed by atoms with Crippen molar-refractivity contribution < 1.29 is 40.2 Å². The summed E-state index contributed by atoms with van der Waals surface area (Å²) < 4.78 is 0. The molecule has 0 rings (SSSR count). The zero-order valence-corrected chi connectivity index (χ0v) is 12.2. The first-order valence-electron chi connectivity index (χ1n) is 6.68. The molecule has 0 aliphatic carbocycles. The number of hydrogen-bond acceptors (Lipinski definition) is 6. The van der Waals surface area contributed by atoms with E-state index in [1.165, 1.54) is 0 Å². The summed E-state index contributed by atoms with van der Waals surface area (Å²) in [5.41, 5.74) is -0.800. The van der Waals surface area contributed by atoms with Gasteiger partial charge in [-0.15, -0.1) is 0 Å². The van der Waals surface area contributed by atoms with Gasteiger partial charge in [-0.1, -0.05) is 0 Å². The first-order valence-corrected chi connectivity index (χ1v) is 6.68. The van der Waals surface area contributed by atoms with E-state index in [1.54, 1.807) is 6.92 Å². The van der Waals surface area contributed by atoms with Gasteiger partial charge >= 0.3 is 11.9 Å². The Bertz CT molecular complexity index is 280. The molecule has 0 aliphatic heterocycles. The predicted molar refractivity (Wildman–Crippen MR) is 73.7 cm³/mol. The molecule has 8 nitrogen and oxygen atoms in total. The number of aliphatic carboxylic acids is 2. The number of hydrogen-bond donors (Lipinski definition) is 6. The average molecular weight is 310 g/mol. The number of carboxylic acid groups (broad SMARTS) is 2. The van der Waals surface area contributed by atoms with Gasteiger partial charge in [0.1, 0.15) is 5.92 Å². The molecule has 8 heteroatoms. The van der Waals surface area contributed by atoms with Gasteiger partial charge in [0.2, 0.25) is 0 Å². The lowest BCUT2D eigenvalue weighted by molar-refractivity contribution is -0.149. The first kappa shape index (κ1) is 22.1. The van der Waals surface area contributed by atoms with Crippen molar-refractivity contribution in [2.45, 2.75) is 32.6 Å². The zero-order chi connectivity index (χ0) is 16.9. The summed E-state index contributed by atoms with van der Waals surface area (Å²) in [7, 11) is 0. The Kier molecular flexibility index (Phi) is 13.2. The van der Waals surface area contributed by atoms with E-state index in [-0.39, 0.29) is 13.2 Å². The van der Waals surface area contributed by atoms with Gasteiger partial charge in [0.25, 0.3) is 0 Å². The highest BCUT2D eigenvalue weighted by molar-refractivity contribution is 5.74. The maximum atomic E-state index is 10.9. The number of aliphatic hydroxyl groups is 4. The molecule has 0 spiro atoms. The number of aliphatic hydroxyl groups excluding tert-OH is 4. The van der Waals surface area contributed by atoms with Gasteiger partial charge in [0.05, 0.1) is 18.6 Å². The van der Waals surface area contributed by atoms with Crippen LogP contribution in [0.1, 0.15) is 32.6 Å². The lowest BCUT2D eigenvalue weighted by Gasteiger charge is -2.23. The van der Waals surface area contributed by atoms with E-state index in [1.807, 2.05) is 0 Å². The third kappa shape index (κ3) is 10.2. The molecule has 21 heavy (non-hydrogen) atoms. The second-order valence-electron chi connectivity index (χ2n) is 4.92. The van der Waals surface area contributed by atoms with Gasteiger partial charge in [-0.05, 0) is 32.6 Å². The summed E-state index contributed by atoms with van der Waals surface area (Å²) in [6.07, 6.45) is 1.90. The van der Waals surface area contributed by atoms with Gasteiger partial charge in [0.15, 0.2) is 0 Å². The van der Waals surface area contributed by atoms with Crippen LogP contribution >= 0.6 is 0 Å². The van der Waals surface area contributed by atoms with E-state index in [2.05, 4.69) is 0 Å². The van der Waals surface area contributed by atoms with E-state index in [0.29, 0.717) is 25.7 Å². The third-order valence-corrected chi connectivity index (χ3v) is 3.08. The molecule has 0 aromatic rings. The summed E-state index contributed by atoms with van der Waals surface area (Å²) >= 11 is 0. The van der Waals surface area contributed by atoms with Crippen molar-refractivity contribution in [1.29, 1.82) is 0 Å². The highest BCUT2D eigenvalue weighted by atomic mass is 16.4. The van der Waals surface area contributed by atoms with Crippen LogP contribution in [-0.2, 0) is 9.59 Å². The van der Waals surface area contributed by atoms with Crippen molar-refractivity contribution in [3.8, 4) is 0 Å². The number of carbonyl (C=O) groups is 2. The Morgan fingerprint density at radius 3 is 1.43 bits per heavy atom. The van der Waals surface area contributed by atoms with Crippen molar-refractivity contribution in [2.24, 2.45) is 11.3 Å². The largest absolute Gasteiger partial charge is 0.481 e. The summed E-state index contributed by atoms with van der Waals surface area (Å²) in [4.78, 5) is 20.7. The lowest BCUT2D eigenvalue weighted by atomic mass is 9.81. The van der Waals surface area contributed by atoms with Gasteiger partial charge in [0, 0.05) is 13.2 Å². The molecule has 6 N–H and O–H groups in total. The van der Waals surface area contributed by atoms with E-state index in [0.717, 1.165) is 0 Å². The Hall–Kier alpha value is -1.22. The van der Waals surface area contributed by atoms with Crippen molar-refractivity contribution >= 4 is 11.9 Å². The molecule has 0 radical (unpaired) electrons. The van der Waals surface area contributed by atoms with E-state index < -0.39 is 36.5 Å². The van der Waals surface area contributed by atoms with E-state index in [9.17, 15) is 9.59 Å². The van der Waals surface area contributed by atoms with Crippen LogP contribution in [0, 0.1) is 11.3 Å². The molecule has 0 bridgehead atoms. The molecule has 0 aliphatic rings. The van der Waals surface area contributed by atoms with Gasteiger partial charge in [-0.2, -0.15) is 0 Å². The molecule has 126 valence electrons. The standard InChI is InChI=1S/C9H18O4.C4H8O4/c1-9(8(12)13,4-2-6-10)5-3-7-11;5-1-3(2-6)4(7)8/h10-11H,2-7H2,1H3,(H,12,13);3,5-6H,1-2H2,(H,7,8). The smallest absolute Gasteiger partial charge is 0.311 e. The molecule has 0 amide bonds. The predicted octanol–water partition coefficient (Wildman–Crippen LogP) is -0.706. The van der Waals surface area contributed by atoms with Crippen molar-refractivity contribution in [1.82, 2.24) is 0 Å². The quantitative estimate of drug-likeness (QED) is 0.309. The minimum Gasteiger partial charge on any atom is -0.481 e. The molecular formula is C13H26O8. The van der Waals surface area contributed by atoms with E-state index in [4.69, 9.17) is 30.6 Å². The minimum absolute atomic E-state index is 0.0159. The van der Waals surface area contributed by atoms with Crippen LogP contribution in [0.2, 0.25) is 0 Å². The second-order valence-corrected chi connectivity index (χ2v) is 4.92. The van der Waals surface area contributed by atoms with Gasteiger partial charge in [-0.25, -0.2) is 0 Å². The Morgan fingerprint density at radius 1 is 0.905 bits per heavy atom. The molecule has 0 saturated carbocycles. The summed E-state index contributed by atoms with van der Waals surface area (Å²) in [5, 5.41) is 50.5. The Balaban J connectivity index is 0. The maximum Gasteiger partial charge on any atom is 0.311 e.